The third-order valence-corrected chi connectivity index (χ3v) is 5.98. The lowest BCUT2D eigenvalue weighted by Crippen LogP contribution is -2.34. The molecule has 20 heavy (non-hydrogen) atoms. The summed E-state index contributed by atoms with van der Waals surface area (Å²) in [5.41, 5.74) is 0.837. The molecule has 0 heterocycles. The van der Waals surface area contributed by atoms with Gasteiger partial charge in [-0.3, -0.25) is 0 Å². The first-order chi connectivity index (χ1) is 9.48. The molecule has 1 aromatic carbocycles. The van der Waals surface area contributed by atoms with Crippen molar-refractivity contribution in [1.82, 2.24) is 4.31 Å². The molecule has 0 unspecified atom stereocenters. The quantitative estimate of drug-likeness (QED) is 0.758. The van der Waals surface area contributed by atoms with Crippen LogP contribution in [0.1, 0.15) is 24.8 Å². The molecular weight excluding hydrogens is 298 g/mol. The Balaban J connectivity index is 2.27. The molecule has 0 radical (unpaired) electrons. The average Bonchev–Trinajstić information content (AvgIpc) is 2.41. The van der Waals surface area contributed by atoms with Crippen LogP contribution in [-0.2, 0) is 15.9 Å². The van der Waals surface area contributed by atoms with E-state index in [4.69, 9.17) is 16.3 Å². The summed E-state index contributed by atoms with van der Waals surface area (Å²) < 4.78 is 31.8. The standard InChI is InChI=1S/C14H20ClNO3S/c1-16(10-11-4-3-5-11)20(17,18)14-7-6-12(9-15)8-13(14)19-2/h6-8,11H,3-5,9-10H2,1-2H3. The molecule has 1 aliphatic carbocycles. The van der Waals surface area contributed by atoms with Crippen molar-refractivity contribution >= 4 is 21.6 Å². The van der Waals surface area contributed by atoms with Crippen molar-refractivity contribution in [2.24, 2.45) is 5.92 Å². The Hall–Kier alpha value is -0.780. The smallest absolute Gasteiger partial charge is 0.246 e. The molecule has 0 aromatic heterocycles. The molecule has 6 heteroatoms. The number of rotatable bonds is 6. The number of nitrogens with zero attached hydrogens (tertiary/aromatic N) is 1. The molecule has 0 spiro atoms. The Kier molecular flexibility index (Phi) is 4.94. The maximum Gasteiger partial charge on any atom is 0.246 e. The number of hydrogen-bond donors (Lipinski definition) is 0. The van der Waals surface area contributed by atoms with Crippen LogP contribution in [0.5, 0.6) is 5.75 Å². The van der Waals surface area contributed by atoms with Crippen LogP contribution in [0.2, 0.25) is 0 Å². The van der Waals surface area contributed by atoms with E-state index in [1.165, 1.54) is 17.8 Å². The Morgan fingerprint density at radius 3 is 2.60 bits per heavy atom. The zero-order valence-corrected chi connectivity index (χ0v) is 13.4. The fraction of sp³-hybridized carbons (Fsp3) is 0.571. The molecule has 0 aliphatic heterocycles. The van der Waals surface area contributed by atoms with Crippen LogP contribution < -0.4 is 4.74 Å². The van der Waals surface area contributed by atoms with Gasteiger partial charge in [0.25, 0.3) is 0 Å². The van der Waals surface area contributed by atoms with Gasteiger partial charge in [0.1, 0.15) is 10.6 Å². The molecule has 1 fully saturated rings. The van der Waals surface area contributed by atoms with E-state index in [2.05, 4.69) is 0 Å². The first-order valence-corrected chi connectivity index (χ1v) is 8.65. The van der Waals surface area contributed by atoms with Gasteiger partial charge in [-0.1, -0.05) is 12.5 Å². The Labute approximate surface area is 125 Å². The van der Waals surface area contributed by atoms with Gasteiger partial charge in [0.2, 0.25) is 10.0 Å². The van der Waals surface area contributed by atoms with Crippen molar-refractivity contribution in [2.75, 3.05) is 20.7 Å². The summed E-state index contributed by atoms with van der Waals surface area (Å²) in [5.74, 6) is 1.17. The van der Waals surface area contributed by atoms with Gasteiger partial charge in [0, 0.05) is 19.5 Å². The molecule has 112 valence electrons. The zero-order valence-electron chi connectivity index (χ0n) is 11.8. The normalized spacial score (nSPS) is 16.2. The summed E-state index contributed by atoms with van der Waals surface area (Å²) in [5, 5.41) is 0. The molecular formula is C14H20ClNO3S. The topological polar surface area (TPSA) is 46.6 Å². The van der Waals surface area contributed by atoms with Gasteiger partial charge in [-0.25, -0.2) is 12.7 Å². The number of benzene rings is 1. The van der Waals surface area contributed by atoms with E-state index in [0.717, 1.165) is 18.4 Å². The Morgan fingerprint density at radius 2 is 2.10 bits per heavy atom. The summed E-state index contributed by atoms with van der Waals surface area (Å²) in [6.45, 7) is 0.572. The number of alkyl halides is 1. The van der Waals surface area contributed by atoms with Gasteiger partial charge in [-0.05, 0) is 36.5 Å². The molecule has 2 rings (SSSR count). The largest absolute Gasteiger partial charge is 0.495 e. The van der Waals surface area contributed by atoms with Crippen LogP contribution in [-0.4, -0.2) is 33.4 Å². The van der Waals surface area contributed by atoms with Crippen molar-refractivity contribution in [2.45, 2.75) is 30.0 Å². The van der Waals surface area contributed by atoms with E-state index in [0.29, 0.717) is 24.1 Å². The van der Waals surface area contributed by atoms with Crippen LogP contribution in [0, 0.1) is 5.92 Å². The highest BCUT2D eigenvalue weighted by atomic mass is 35.5. The van der Waals surface area contributed by atoms with Gasteiger partial charge in [-0.2, -0.15) is 0 Å². The number of hydrogen-bond acceptors (Lipinski definition) is 3. The summed E-state index contributed by atoms with van der Waals surface area (Å²) in [7, 11) is -0.415. The van der Waals surface area contributed by atoms with E-state index in [-0.39, 0.29) is 4.90 Å². The second-order valence-corrected chi connectivity index (χ2v) is 7.48. The Morgan fingerprint density at radius 1 is 1.40 bits per heavy atom. The van der Waals surface area contributed by atoms with Gasteiger partial charge in [0.15, 0.2) is 0 Å². The number of ether oxygens (including phenoxy) is 1. The molecule has 1 saturated carbocycles. The zero-order chi connectivity index (χ0) is 14.8. The molecule has 0 atom stereocenters. The van der Waals surface area contributed by atoms with E-state index in [9.17, 15) is 8.42 Å². The van der Waals surface area contributed by atoms with Crippen molar-refractivity contribution in [1.29, 1.82) is 0 Å². The van der Waals surface area contributed by atoms with E-state index < -0.39 is 10.0 Å². The van der Waals surface area contributed by atoms with Crippen LogP contribution in [0.25, 0.3) is 0 Å². The van der Waals surface area contributed by atoms with Crippen LogP contribution in [0.4, 0.5) is 0 Å². The van der Waals surface area contributed by atoms with Crippen LogP contribution in [0.3, 0.4) is 0 Å². The number of methoxy groups -OCH3 is 1. The fourth-order valence-corrected chi connectivity index (χ4v) is 3.86. The van der Waals surface area contributed by atoms with E-state index in [1.54, 1.807) is 25.2 Å². The van der Waals surface area contributed by atoms with E-state index in [1.807, 2.05) is 0 Å². The van der Waals surface area contributed by atoms with Crippen LogP contribution >= 0.6 is 11.6 Å². The second kappa shape index (κ2) is 6.33. The minimum atomic E-state index is -3.51. The monoisotopic (exact) mass is 317 g/mol. The Bertz CT molecular complexity index is 570. The summed E-state index contributed by atoms with van der Waals surface area (Å²) in [6.07, 6.45) is 3.43. The molecule has 1 aliphatic rings. The first kappa shape index (κ1) is 15.6. The van der Waals surface area contributed by atoms with Gasteiger partial charge in [0.05, 0.1) is 7.11 Å². The van der Waals surface area contributed by atoms with Crippen molar-refractivity contribution in [3.8, 4) is 5.75 Å². The molecule has 0 N–H and O–H groups in total. The van der Waals surface area contributed by atoms with Crippen LogP contribution in [0.15, 0.2) is 23.1 Å². The highest BCUT2D eigenvalue weighted by Gasteiger charge is 2.28. The maximum absolute atomic E-state index is 12.6. The minimum Gasteiger partial charge on any atom is -0.495 e. The SMILES string of the molecule is COc1cc(CCl)ccc1S(=O)(=O)N(C)CC1CCC1. The van der Waals surface area contributed by atoms with E-state index >= 15 is 0 Å². The average molecular weight is 318 g/mol. The minimum absolute atomic E-state index is 0.204. The predicted octanol–water partition coefficient (Wildman–Crippen LogP) is 2.85. The van der Waals surface area contributed by atoms with Gasteiger partial charge < -0.3 is 4.74 Å². The molecule has 1 aromatic rings. The molecule has 0 saturated heterocycles. The molecule has 4 nitrogen and oxygen atoms in total. The van der Waals surface area contributed by atoms with Crippen molar-refractivity contribution in [3.05, 3.63) is 23.8 Å². The van der Waals surface area contributed by atoms with Gasteiger partial charge >= 0.3 is 0 Å². The highest BCUT2D eigenvalue weighted by Crippen LogP contribution is 2.31. The number of halogens is 1. The highest BCUT2D eigenvalue weighted by molar-refractivity contribution is 7.89. The summed E-state index contributed by atoms with van der Waals surface area (Å²) in [6, 6.07) is 4.97. The third-order valence-electron chi connectivity index (χ3n) is 3.81. The second-order valence-electron chi connectivity index (χ2n) is 5.20. The lowest BCUT2D eigenvalue weighted by atomic mass is 9.86. The maximum atomic E-state index is 12.6. The van der Waals surface area contributed by atoms with Crippen molar-refractivity contribution in [3.63, 3.8) is 0 Å². The third kappa shape index (κ3) is 3.10. The lowest BCUT2D eigenvalue weighted by Gasteiger charge is -2.29. The summed E-state index contributed by atoms with van der Waals surface area (Å²) in [4.78, 5) is 0.204. The lowest BCUT2D eigenvalue weighted by molar-refractivity contribution is 0.262. The fourth-order valence-electron chi connectivity index (χ4n) is 2.31. The summed E-state index contributed by atoms with van der Waals surface area (Å²) >= 11 is 5.76. The predicted molar refractivity (Wildman–Crippen MR) is 79.7 cm³/mol. The van der Waals surface area contributed by atoms with Gasteiger partial charge in [-0.15, -0.1) is 11.6 Å². The molecule has 0 amide bonds. The molecule has 0 bridgehead atoms. The van der Waals surface area contributed by atoms with Crippen molar-refractivity contribution < 1.29 is 13.2 Å². The number of sulfonamides is 1. The first-order valence-electron chi connectivity index (χ1n) is 6.68.